The predicted octanol–water partition coefficient (Wildman–Crippen LogP) is 2.82. The number of rotatable bonds is 5. The van der Waals surface area contributed by atoms with Crippen LogP contribution in [0.2, 0.25) is 5.02 Å². The van der Waals surface area contributed by atoms with Gasteiger partial charge in [0.25, 0.3) is 0 Å². The number of carbonyl (C=O) groups is 2. The molecular weight excluding hydrogens is 362 g/mol. The number of hydrogen-bond donors (Lipinski definition) is 1. The topological polar surface area (TPSA) is 52.7 Å². The number of hydrogen-bond acceptors (Lipinski definition) is 3. The van der Waals surface area contributed by atoms with Crippen LogP contribution in [0.5, 0.6) is 0 Å². The van der Waals surface area contributed by atoms with Crippen LogP contribution in [0.15, 0.2) is 60.7 Å². The minimum Gasteiger partial charge on any atom is -0.368 e. The van der Waals surface area contributed by atoms with E-state index in [1.807, 2.05) is 54.6 Å². The number of amides is 2. The van der Waals surface area contributed by atoms with Crippen molar-refractivity contribution in [2.24, 2.45) is 0 Å². The van der Waals surface area contributed by atoms with Gasteiger partial charge in [-0.3, -0.25) is 9.59 Å². The van der Waals surface area contributed by atoms with Crippen LogP contribution in [0.3, 0.4) is 0 Å². The van der Waals surface area contributed by atoms with E-state index < -0.39 is 0 Å². The van der Waals surface area contributed by atoms with Gasteiger partial charge < -0.3 is 15.1 Å². The van der Waals surface area contributed by atoms with Crippen LogP contribution in [0.1, 0.15) is 5.56 Å². The van der Waals surface area contributed by atoms with Gasteiger partial charge in [-0.2, -0.15) is 0 Å². The summed E-state index contributed by atoms with van der Waals surface area (Å²) in [6.07, 6.45) is 3.17. The fourth-order valence-electron chi connectivity index (χ4n) is 2.96. The summed E-state index contributed by atoms with van der Waals surface area (Å²) in [6.45, 7) is 2.75. The van der Waals surface area contributed by atoms with E-state index in [4.69, 9.17) is 11.6 Å². The normalized spacial score (nSPS) is 14.4. The highest BCUT2D eigenvalue weighted by molar-refractivity contribution is 6.30. The number of benzene rings is 2. The molecule has 5 nitrogen and oxygen atoms in total. The number of nitrogens with zero attached hydrogens (tertiary/aromatic N) is 2. The summed E-state index contributed by atoms with van der Waals surface area (Å²) >= 11 is 6.04. The lowest BCUT2D eigenvalue weighted by atomic mass is 10.2. The third-order valence-corrected chi connectivity index (χ3v) is 4.68. The first-order valence-electron chi connectivity index (χ1n) is 8.91. The maximum Gasteiger partial charge on any atom is 0.244 e. The lowest BCUT2D eigenvalue weighted by Gasteiger charge is -2.36. The first-order chi connectivity index (χ1) is 13.1. The average molecular weight is 384 g/mol. The van der Waals surface area contributed by atoms with Crippen molar-refractivity contribution in [2.75, 3.05) is 37.6 Å². The highest BCUT2D eigenvalue weighted by Gasteiger charge is 2.21. The maximum absolute atomic E-state index is 12.3. The molecule has 0 atom stereocenters. The van der Waals surface area contributed by atoms with Crippen LogP contribution >= 0.6 is 11.6 Å². The minimum absolute atomic E-state index is 0.00906. The summed E-state index contributed by atoms with van der Waals surface area (Å²) in [7, 11) is 0. The first-order valence-corrected chi connectivity index (χ1v) is 9.29. The Morgan fingerprint density at radius 2 is 1.74 bits per heavy atom. The number of nitrogens with one attached hydrogen (secondary N) is 1. The monoisotopic (exact) mass is 383 g/mol. The second-order valence-electron chi connectivity index (χ2n) is 6.31. The zero-order valence-electron chi connectivity index (χ0n) is 15.0. The van der Waals surface area contributed by atoms with Gasteiger partial charge in [-0.15, -0.1) is 0 Å². The summed E-state index contributed by atoms with van der Waals surface area (Å²) in [5, 5.41) is 3.36. The fourth-order valence-corrected chi connectivity index (χ4v) is 3.14. The van der Waals surface area contributed by atoms with Crippen molar-refractivity contribution in [1.82, 2.24) is 10.2 Å². The summed E-state index contributed by atoms with van der Waals surface area (Å²) < 4.78 is 0. The predicted molar refractivity (Wildman–Crippen MR) is 109 cm³/mol. The molecule has 1 fully saturated rings. The molecule has 1 N–H and O–H groups in total. The lowest BCUT2D eigenvalue weighted by molar-refractivity contribution is -0.132. The molecule has 1 heterocycles. The molecule has 2 aromatic rings. The van der Waals surface area contributed by atoms with Crippen molar-refractivity contribution in [3.63, 3.8) is 0 Å². The second kappa shape index (κ2) is 9.24. The van der Waals surface area contributed by atoms with Gasteiger partial charge in [0.2, 0.25) is 11.8 Å². The van der Waals surface area contributed by atoms with Crippen LogP contribution in [-0.4, -0.2) is 49.4 Å². The van der Waals surface area contributed by atoms with Gasteiger partial charge in [-0.05, 0) is 29.8 Å². The van der Waals surface area contributed by atoms with Gasteiger partial charge in [0.05, 0.1) is 6.54 Å². The zero-order chi connectivity index (χ0) is 19.1. The largest absolute Gasteiger partial charge is 0.368 e. The van der Waals surface area contributed by atoms with Gasteiger partial charge >= 0.3 is 0 Å². The van der Waals surface area contributed by atoms with E-state index in [0.717, 1.165) is 24.3 Å². The fraction of sp³-hybridized carbons (Fsp3) is 0.238. The molecule has 0 saturated carbocycles. The van der Waals surface area contributed by atoms with Gasteiger partial charge in [0.15, 0.2) is 0 Å². The molecule has 1 aliphatic rings. The highest BCUT2D eigenvalue weighted by atomic mass is 35.5. The molecule has 0 aromatic heterocycles. The zero-order valence-corrected chi connectivity index (χ0v) is 15.7. The Labute approximate surface area is 164 Å². The van der Waals surface area contributed by atoms with Crippen molar-refractivity contribution in [3.05, 3.63) is 71.3 Å². The van der Waals surface area contributed by atoms with Crippen molar-refractivity contribution < 1.29 is 9.59 Å². The molecule has 2 amide bonds. The number of carbonyl (C=O) groups excluding carboxylic acids is 2. The molecule has 1 aliphatic heterocycles. The van der Waals surface area contributed by atoms with Crippen molar-refractivity contribution >= 4 is 35.2 Å². The summed E-state index contributed by atoms with van der Waals surface area (Å²) in [6, 6.07) is 17.3. The minimum atomic E-state index is -0.273. The van der Waals surface area contributed by atoms with E-state index in [2.05, 4.69) is 10.2 Å². The van der Waals surface area contributed by atoms with Crippen LogP contribution in [0, 0.1) is 0 Å². The first kappa shape index (κ1) is 19.0. The molecule has 0 radical (unpaired) electrons. The standard InChI is InChI=1S/C21H22ClN3O2/c22-18-7-4-8-19(15-18)24-11-13-25(14-12-24)21(27)16-23-20(26)10-9-17-5-2-1-3-6-17/h1-10,15H,11-14,16H2,(H,23,26). The Kier molecular flexibility index (Phi) is 6.49. The number of halogens is 1. The Balaban J connectivity index is 1.43. The van der Waals surface area contributed by atoms with Crippen molar-refractivity contribution in [3.8, 4) is 0 Å². The van der Waals surface area contributed by atoms with Gasteiger partial charge in [-0.1, -0.05) is 48.0 Å². The lowest BCUT2D eigenvalue weighted by Crippen LogP contribution is -2.51. The molecular formula is C21H22ClN3O2. The van der Waals surface area contributed by atoms with E-state index in [9.17, 15) is 9.59 Å². The molecule has 1 saturated heterocycles. The van der Waals surface area contributed by atoms with E-state index in [1.165, 1.54) is 6.08 Å². The number of piperazine rings is 1. The van der Waals surface area contributed by atoms with Crippen molar-refractivity contribution in [2.45, 2.75) is 0 Å². The quantitative estimate of drug-likeness (QED) is 0.808. The SMILES string of the molecule is O=C(C=Cc1ccccc1)NCC(=O)N1CCN(c2cccc(Cl)c2)CC1. The number of anilines is 1. The van der Waals surface area contributed by atoms with Crippen LogP contribution < -0.4 is 10.2 Å². The van der Waals surface area contributed by atoms with E-state index in [-0.39, 0.29) is 18.4 Å². The Hall–Kier alpha value is -2.79. The smallest absolute Gasteiger partial charge is 0.244 e. The molecule has 0 bridgehead atoms. The average Bonchev–Trinajstić information content (AvgIpc) is 2.71. The summed E-state index contributed by atoms with van der Waals surface area (Å²) in [5.41, 5.74) is 2.00. The molecule has 2 aromatic carbocycles. The maximum atomic E-state index is 12.3. The molecule has 140 valence electrons. The van der Waals surface area contributed by atoms with E-state index >= 15 is 0 Å². The summed E-state index contributed by atoms with van der Waals surface area (Å²) in [5.74, 6) is -0.341. The molecule has 6 heteroatoms. The Morgan fingerprint density at radius 1 is 1.00 bits per heavy atom. The Bertz CT molecular complexity index is 815. The van der Waals surface area contributed by atoms with Crippen LogP contribution in [0.4, 0.5) is 5.69 Å². The summed E-state index contributed by atoms with van der Waals surface area (Å²) in [4.78, 5) is 28.2. The molecule has 0 spiro atoms. The molecule has 27 heavy (non-hydrogen) atoms. The third kappa shape index (κ3) is 5.59. The molecule has 3 rings (SSSR count). The molecule has 0 aliphatic carbocycles. The van der Waals surface area contributed by atoms with E-state index in [1.54, 1.807) is 11.0 Å². The van der Waals surface area contributed by atoms with Gasteiger partial charge in [0.1, 0.15) is 0 Å². The van der Waals surface area contributed by atoms with Crippen LogP contribution in [-0.2, 0) is 9.59 Å². The van der Waals surface area contributed by atoms with Crippen LogP contribution in [0.25, 0.3) is 6.08 Å². The Morgan fingerprint density at radius 3 is 2.44 bits per heavy atom. The van der Waals surface area contributed by atoms with Crippen molar-refractivity contribution in [1.29, 1.82) is 0 Å². The second-order valence-corrected chi connectivity index (χ2v) is 6.75. The van der Waals surface area contributed by atoms with Gasteiger partial charge in [-0.25, -0.2) is 0 Å². The molecule has 0 unspecified atom stereocenters. The third-order valence-electron chi connectivity index (χ3n) is 4.45. The highest BCUT2D eigenvalue weighted by Crippen LogP contribution is 2.20. The van der Waals surface area contributed by atoms with Gasteiger partial charge in [0, 0.05) is 43.0 Å². The van der Waals surface area contributed by atoms with E-state index in [0.29, 0.717) is 18.1 Å².